The third kappa shape index (κ3) is 3.02. The van der Waals surface area contributed by atoms with E-state index in [4.69, 9.17) is 0 Å². The Balaban J connectivity index is 1.78. The van der Waals surface area contributed by atoms with Crippen molar-refractivity contribution in [2.45, 2.75) is 25.3 Å². The molecule has 1 amide bonds. The maximum Gasteiger partial charge on any atom is 0.258 e. The number of rotatable bonds is 4. The number of carbonyl (C=O) groups is 1. The maximum absolute atomic E-state index is 13.6. The highest BCUT2D eigenvalue weighted by atomic mass is 19.1. The summed E-state index contributed by atoms with van der Waals surface area (Å²) in [6.45, 7) is 0. The summed E-state index contributed by atoms with van der Waals surface area (Å²) in [5.74, 6) is -1.10. The van der Waals surface area contributed by atoms with E-state index in [9.17, 15) is 9.18 Å². The molecule has 0 unspecified atom stereocenters. The second-order valence-corrected chi connectivity index (χ2v) is 5.13. The van der Waals surface area contributed by atoms with Gasteiger partial charge in [-0.3, -0.25) is 9.78 Å². The van der Waals surface area contributed by atoms with Gasteiger partial charge >= 0.3 is 0 Å². The van der Waals surface area contributed by atoms with E-state index in [1.54, 1.807) is 6.07 Å². The Morgan fingerprint density at radius 1 is 1.19 bits per heavy atom. The molecule has 5 heteroatoms. The molecule has 0 saturated heterocycles. The van der Waals surface area contributed by atoms with Gasteiger partial charge in [0.2, 0.25) is 0 Å². The molecule has 1 aliphatic rings. The van der Waals surface area contributed by atoms with Crippen LogP contribution in [0.1, 0.15) is 29.6 Å². The molecule has 108 valence electrons. The highest BCUT2D eigenvalue weighted by Crippen LogP contribution is 2.28. The van der Waals surface area contributed by atoms with Gasteiger partial charge in [-0.05, 0) is 37.5 Å². The second-order valence-electron chi connectivity index (χ2n) is 5.13. The van der Waals surface area contributed by atoms with E-state index < -0.39 is 11.7 Å². The Morgan fingerprint density at radius 3 is 2.62 bits per heavy atom. The number of aromatic nitrogens is 1. The van der Waals surface area contributed by atoms with Crippen LogP contribution in [0, 0.1) is 5.82 Å². The Labute approximate surface area is 122 Å². The van der Waals surface area contributed by atoms with Gasteiger partial charge in [0, 0.05) is 12.2 Å². The van der Waals surface area contributed by atoms with Crippen molar-refractivity contribution in [3.63, 3.8) is 0 Å². The van der Waals surface area contributed by atoms with Crippen LogP contribution in [0.2, 0.25) is 0 Å². The van der Waals surface area contributed by atoms with Crippen LogP contribution in [0.5, 0.6) is 0 Å². The highest BCUT2D eigenvalue weighted by molar-refractivity contribution is 6.06. The third-order valence-corrected chi connectivity index (χ3v) is 3.66. The van der Waals surface area contributed by atoms with Crippen molar-refractivity contribution in [3.05, 3.63) is 54.1 Å². The highest BCUT2D eigenvalue weighted by Gasteiger charge is 2.19. The van der Waals surface area contributed by atoms with Crippen molar-refractivity contribution in [1.82, 2.24) is 4.98 Å². The lowest BCUT2D eigenvalue weighted by Gasteiger charge is -2.28. The van der Waals surface area contributed by atoms with Gasteiger partial charge in [0.25, 0.3) is 5.91 Å². The van der Waals surface area contributed by atoms with Gasteiger partial charge in [0.05, 0.1) is 23.1 Å². The van der Waals surface area contributed by atoms with Crippen molar-refractivity contribution in [2.75, 3.05) is 10.6 Å². The van der Waals surface area contributed by atoms with Crippen LogP contribution in [-0.4, -0.2) is 16.9 Å². The molecule has 4 nitrogen and oxygen atoms in total. The Morgan fingerprint density at radius 2 is 1.95 bits per heavy atom. The molecular formula is C16H16FN3O. The molecule has 1 aromatic carbocycles. The standard InChI is InChI=1S/C16H16FN3O/c17-13-10-18-9-8-12(13)16(21)20-15-7-2-1-6-14(15)19-11-4-3-5-11/h1-2,6-11,19H,3-5H2,(H,20,21). The van der Waals surface area contributed by atoms with Gasteiger partial charge < -0.3 is 10.6 Å². The normalized spacial score (nSPS) is 14.3. The fourth-order valence-electron chi connectivity index (χ4n) is 2.24. The third-order valence-electron chi connectivity index (χ3n) is 3.66. The largest absolute Gasteiger partial charge is 0.381 e. The molecule has 3 rings (SSSR count). The zero-order valence-electron chi connectivity index (χ0n) is 11.5. The minimum atomic E-state index is -0.626. The molecule has 1 heterocycles. The van der Waals surface area contributed by atoms with Crippen LogP contribution in [0.3, 0.4) is 0 Å². The first-order valence-corrected chi connectivity index (χ1v) is 7.00. The molecule has 1 aliphatic carbocycles. The van der Waals surface area contributed by atoms with E-state index in [-0.39, 0.29) is 5.56 Å². The zero-order valence-corrected chi connectivity index (χ0v) is 11.5. The summed E-state index contributed by atoms with van der Waals surface area (Å²) in [6, 6.07) is 9.29. The smallest absolute Gasteiger partial charge is 0.258 e. The van der Waals surface area contributed by atoms with Crippen LogP contribution < -0.4 is 10.6 Å². The molecule has 0 atom stereocenters. The molecule has 2 aromatic rings. The number of nitrogens with zero attached hydrogens (tertiary/aromatic N) is 1. The lowest BCUT2D eigenvalue weighted by Crippen LogP contribution is -2.27. The molecule has 0 radical (unpaired) electrons. The van der Waals surface area contributed by atoms with E-state index in [1.165, 1.54) is 18.7 Å². The van der Waals surface area contributed by atoms with Crippen LogP contribution in [0.4, 0.5) is 15.8 Å². The van der Waals surface area contributed by atoms with Gasteiger partial charge in [-0.2, -0.15) is 0 Å². The predicted octanol–water partition coefficient (Wildman–Crippen LogP) is 3.44. The number of nitrogens with one attached hydrogen (secondary N) is 2. The van der Waals surface area contributed by atoms with Gasteiger partial charge in [-0.25, -0.2) is 4.39 Å². The van der Waals surface area contributed by atoms with Crippen molar-refractivity contribution in [1.29, 1.82) is 0 Å². The lowest BCUT2D eigenvalue weighted by molar-refractivity contribution is 0.102. The fourth-order valence-corrected chi connectivity index (χ4v) is 2.24. The molecule has 21 heavy (non-hydrogen) atoms. The summed E-state index contributed by atoms with van der Waals surface area (Å²) in [4.78, 5) is 15.8. The molecule has 0 spiro atoms. The molecule has 2 N–H and O–H groups in total. The van der Waals surface area contributed by atoms with Crippen molar-refractivity contribution in [3.8, 4) is 0 Å². The number of pyridine rings is 1. The summed E-state index contributed by atoms with van der Waals surface area (Å²) in [5.41, 5.74) is 1.51. The summed E-state index contributed by atoms with van der Waals surface area (Å²) >= 11 is 0. The number of anilines is 2. The predicted molar refractivity (Wildman–Crippen MR) is 79.9 cm³/mol. The summed E-state index contributed by atoms with van der Waals surface area (Å²) < 4.78 is 13.6. The first-order chi connectivity index (χ1) is 10.2. The number of hydrogen-bond acceptors (Lipinski definition) is 3. The van der Waals surface area contributed by atoms with E-state index in [1.807, 2.05) is 18.2 Å². The van der Waals surface area contributed by atoms with Gasteiger partial charge in [0.1, 0.15) is 0 Å². The Kier molecular flexibility index (Phi) is 3.81. The van der Waals surface area contributed by atoms with Crippen molar-refractivity contribution >= 4 is 17.3 Å². The minimum absolute atomic E-state index is 0.0107. The van der Waals surface area contributed by atoms with E-state index in [2.05, 4.69) is 15.6 Å². The summed E-state index contributed by atoms with van der Waals surface area (Å²) in [6.07, 6.45) is 5.95. The molecule has 1 aromatic heterocycles. The van der Waals surface area contributed by atoms with Crippen LogP contribution in [-0.2, 0) is 0 Å². The zero-order chi connectivity index (χ0) is 14.7. The first-order valence-electron chi connectivity index (χ1n) is 7.00. The van der Waals surface area contributed by atoms with Crippen molar-refractivity contribution in [2.24, 2.45) is 0 Å². The Hall–Kier alpha value is -2.43. The van der Waals surface area contributed by atoms with Crippen LogP contribution >= 0.6 is 0 Å². The van der Waals surface area contributed by atoms with Gasteiger partial charge in [0.15, 0.2) is 5.82 Å². The van der Waals surface area contributed by atoms with Crippen LogP contribution in [0.25, 0.3) is 0 Å². The molecule has 0 aliphatic heterocycles. The Bertz CT molecular complexity index is 655. The lowest BCUT2D eigenvalue weighted by atomic mass is 9.93. The molecule has 0 bridgehead atoms. The van der Waals surface area contributed by atoms with Crippen molar-refractivity contribution < 1.29 is 9.18 Å². The van der Waals surface area contributed by atoms with E-state index in [0.717, 1.165) is 24.7 Å². The first kappa shape index (κ1) is 13.5. The SMILES string of the molecule is O=C(Nc1ccccc1NC1CCC1)c1ccncc1F. The molecule has 1 fully saturated rings. The number of halogens is 1. The van der Waals surface area contributed by atoms with Crippen LogP contribution in [0.15, 0.2) is 42.7 Å². The number of benzene rings is 1. The summed E-state index contributed by atoms with van der Waals surface area (Å²) in [7, 11) is 0. The average Bonchev–Trinajstić information content (AvgIpc) is 2.45. The quantitative estimate of drug-likeness (QED) is 0.904. The monoisotopic (exact) mass is 285 g/mol. The number of para-hydroxylation sites is 2. The van der Waals surface area contributed by atoms with Gasteiger partial charge in [-0.15, -0.1) is 0 Å². The molecular weight excluding hydrogens is 269 g/mol. The minimum Gasteiger partial charge on any atom is -0.381 e. The number of hydrogen-bond donors (Lipinski definition) is 2. The fraction of sp³-hybridized carbons (Fsp3) is 0.250. The van der Waals surface area contributed by atoms with E-state index in [0.29, 0.717) is 11.7 Å². The summed E-state index contributed by atoms with van der Waals surface area (Å²) in [5, 5.41) is 6.15. The van der Waals surface area contributed by atoms with Gasteiger partial charge in [-0.1, -0.05) is 12.1 Å². The topological polar surface area (TPSA) is 54.0 Å². The van der Waals surface area contributed by atoms with E-state index >= 15 is 0 Å². The number of amides is 1. The maximum atomic E-state index is 13.6. The average molecular weight is 285 g/mol. The molecule has 1 saturated carbocycles. The number of carbonyl (C=O) groups excluding carboxylic acids is 1. The second kappa shape index (κ2) is 5.91.